The third-order valence-electron chi connectivity index (χ3n) is 4.80. The van der Waals surface area contributed by atoms with E-state index in [4.69, 9.17) is 0 Å². The highest BCUT2D eigenvalue weighted by molar-refractivity contribution is 7.92. The highest BCUT2D eigenvalue weighted by Gasteiger charge is 2.39. The van der Waals surface area contributed by atoms with Gasteiger partial charge in [-0.15, -0.1) is 0 Å². The number of hydrogen-bond donors (Lipinski definition) is 2. The van der Waals surface area contributed by atoms with E-state index in [1.54, 1.807) is 27.8 Å². The molecule has 1 heterocycles. The molecule has 0 amide bonds. The number of guanidine groups is 1. The summed E-state index contributed by atoms with van der Waals surface area (Å²) < 4.78 is 23.5. The molecule has 1 saturated heterocycles. The molecule has 0 aromatic heterocycles. The van der Waals surface area contributed by atoms with E-state index in [9.17, 15) is 8.42 Å². The zero-order valence-electron chi connectivity index (χ0n) is 15.1. The number of nitrogens with zero attached hydrogens (tertiary/aromatic N) is 2. The first-order valence-corrected chi connectivity index (χ1v) is 10.2. The van der Waals surface area contributed by atoms with Gasteiger partial charge >= 0.3 is 0 Å². The second-order valence-corrected chi connectivity index (χ2v) is 10.6. The van der Waals surface area contributed by atoms with Gasteiger partial charge in [-0.1, -0.05) is 0 Å². The fraction of sp³-hybridized carbons (Fsp3) is 0.938. The maximum absolute atomic E-state index is 12.1. The van der Waals surface area contributed by atoms with Crippen LogP contribution in [0.4, 0.5) is 0 Å². The van der Waals surface area contributed by atoms with E-state index in [-0.39, 0.29) is 5.75 Å². The first-order valence-electron chi connectivity index (χ1n) is 8.59. The normalized spacial score (nSPS) is 27.3. The summed E-state index contributed by atoms with van der Waals surface area (Å²) >= 11 is 0. The lowest BCUT2D eigenvalue weighted by molar-refractivity contribution is 0.256. The molecule has 0 radical (unpaired) electrons. The summed E-state index contributed by atoms with van der Waals surface area (Å²) in [5.74, 6) is 0.816. The molecule has 7 heteroatoms. The van der Waals surface area contributed by atoms with Crippen LogP contribution in [0.2, 0.25) is 0 Å². The molecule has 1 aliphatic carbocycles. The fourth-order valence-electron chi connectivity index (χ4n) is 3.07. The van der Waals surface area contributed by atoms with E-state index < -0.39 is 14.6 Å². The minimum absolute atomic E-state index is 0.118. The predicted octanol–water partition coefficient (Wildman–Crippen LogP) is 0.990. The highest BCUT2D eigenvalue weighted by atomic mass is 32.2. The van der Waals surface area contributed by atoms with Crippen molar-refractivity contribution in [1.82, 2.24) is 15.5 Å². The van der Waals surface area contributed by atoms with E-state index in [2.05, 4.69) is 27.4 Å². The lowest BCUT2D eigenvalue weighted by Gasteiger charge is -2.21. The van der Waals surface area contributed by atoms with Gasteiger partial charge in [0.1, 0.15) is 0 Å². The van der Waals surface area contributed by atoms with Gasteiger partial charge in [-0.3, -0.25) is 9.89 Å². The molecule has 2 rings (SSSR count). The molecule has 1 aliphatic heterocycles. The van der Waals surface area contributed by atoms with E-state index in [1.165, 1.54) is 12.8 Å². The Bertz CT molecular complexity index is 535. The largest absolute Gasteiger partial charge is 0.355 e. The van der Waals surface area contributed by atoms with E-state index in [0.717, 1.165) is 19.0 Å². The maximum atomic E-state index is 12.1. The molecule has 6 nitrogen and oxygen atoms in total. The number of aliphatic imine (C=N–C) groups is 1. The van der Waals surface area contributed by atoms with Crippen LogP contribution in [0.1, 0.15) is 47.0 Å². The van der Waals surface area contributed by atoms with Gasteiger partial charge in [-0.2, -0.15) is 0 Å². The Morgan fingerprint density at radius 1 is 1.30 bits per heavy atom. The average Bonchev–Trinajstić information content (AvgIpc) is 3.20. The number of nitrogens with one attached hydrogen (secondary N) is 2. The lowest BCUT2D eigenvalue weighted by atomic mass is 10.2. The van der Waals surface area contributed by atoms with Crippen molar-refractivity contribution in [3.8, 4) is 0 Å². The van der Waals surface area contributed by atoms with Crippen molar-refractivity contribution < 1.29 is 8.42 Å². The molecule has 134 valence electrons. The Morgan fingerprint density at radius 3 is 2.48 bits per heavy atom. The van der Waals surface area contributed by atoms with E-state index in [1.807, 2.05) is 0 Å². The number of rotatable bonds is 5. The van der Waals surface area contributed by atoms with Crippen LogP contribution in [0.15, 0.2) is 4.99 Å². The molecule has 2 fully saturated rings. The van der Waals surface area contributed by atoms with Crippen molar-refractivity contribution >= 4 is 15.8 Å². The van der Waals surface area contributed by atoms with Crippen molar-refractivity contribution in [2.24, 2.45) is 4.99 Å². The number of likely N-dealkylation sites (tertiary alicyclic amines) is 1. The summed E-state index contributed by atoms with van der Waals surface area (Å²) in [6.07, 6.45) is 3.76. The van der Waals surface area contributed by atoms with Gasteiger partial charge in [-0.05, 0) is 47.0 Å². The Kier molecular flexibility index (Phi) is 5.61. The number of hydrogen-bond acceptors (Lipinski definition) is 4. The maximum Gasteiger partial charge on any atom is 0.191 e. The molecule has 23 heavy (non-hydrogen) atoms. The Labute approximate surface area is 141 Å². The average molecular weight is 345 g/mol. The van der Waals surface area contributed by atoms with Gasteiger partial charge in [0.25, 0.3) is 0 Å². The van der Waals surface area contributed by atoms with Crippen LogP contribution >= 0.6 is 0 Å². The summed E-state index contributed by atoms with van der Waals surface area (Å²) in [7, 11) is -1.38. The Morgan fingerprint density at radius 2 is 1.96 bits per heavy atom. The highest BCUT2D eigenvalue weighted by Crippen LogP contribution is 2.33. The summed E-state index contributed by atoms with van der Waals surface area (Å²) in [6.45, 7) is 8.93. The van der Waals surface area contributed by atoms with Gasteiger partial charge in [0.05, 0.1) is 10.5 Å². The second-order valence-electron chi connectivity index (χ2n) is 7.78. The second kappa shape index (κ2) is 6.97. The zero-order valence-corrected chi connectivity index (χ0v) is 15.9. The molecule has 1 saturated carbocycles. The first-order chi connectivity index (χ1) is 10.6. The minimum atomic E-state index is -3.10. The van der Waals surface area contributed by atoms with Crippen LogP contribution in [-0.2, 0) is 9.84 Å². The predicted molar refractivity (Wildman–Crippen MR) is 95.6 cm³/mol. The molecular weight excluding hydrogens is 312 g/mol. The molecule has 0 aromatic rings. The van der Waals surface area contributed by atoms with Crippen molar-refractivity contribution in [3.63, 3.8) is 0 Å². The Balaban J connectivity index is 1.78. The number of sulfone groups is 1. The van der Waals surface area contributed by atoms with Crippen molar-refractivity contribution in [2.75, 3.05) is 25.9 Å². The summed E-state index contributed by atoms with van der Waals surface area (Å²) in [5, 5.41) is 6.58. The van der Waals surface area contributed by atoms with Gasteiger partial charge in [0.2, 0.25) is 0 Å². The molecule has 0 spiro atoms. The molecule has 2 unspecified atom stereocenters. The van der Waals surface area contributed by atoms with Gasteiger partial charge in [-0.25, -0.2) is 8.42 Å². The van der Waals surface area contributed by atoms with Crippen LogP contribution < -0.4 is 10.6 Å². The van der Waals surface area contributed by atoms with Crippen LogP contribution in [0.5, 0.6) is 0 Å². The van der Waals surface area contributed by atoms with Gasteiger partial charge < -0.3 is 10.6 Å². The lowest BCUT2D eigenvalue weighted by Crippen LogP contribution is -2.46. The molecule has 0 aromatic carbocycles. The zero-order chi connectivity index (χ0) is 17.3. The van der Waals surface area contributed by atoms with Gasteiger partial charge in [0.15, 0.2) is 15.8 Å². The summed E-state index contributed by atoms with van der Waals surface area (Å²) in [5.41, 5.74) is 0. The van der Waals surface area contributed by atoms with E-state index >= 15 is 0 Å². The van der Waals surface area contributed by atoms with Crippen LogP contribution in [0, 0.1) is 0 Å². The first kappa shape index (κ1) is 18.5. The van der Waals surface area contributed by atoms with Gasteiger partial charge in [0, 0.05) is 38.3 Å². The SMILES string of the molecule is CN=C(NCCS(=O)(=O)C(C)(C)C)NC1CC(C)N(C2CC2)C1. The quantitative estimate of drug-likeness (QED) is 0.575. The van der Waals surface area contributed by atoms with Crippen molar-refractivity contribution in [1.29, 1.82) is 0 Å². The molecular formula is C16H32N4O2S. The molecule has 2 atom stereocenters. The van der Waals surface area contributed by atoms with Crippen LogP contribution in [-0.4, -0.2) is 68.0 Å². The molecule has 2 aliphatic rings. The topological polar surface area (TPSA) is 73.8 Å². The smallest absolute Gasteiger partial charge is 0.191 e. The molecule has 2 N–H and O–H groups in total. The van der Waals surface area contributed by atoms with Crippen molar-refractivity contribution in [2.45, 2.75) is 69.8 Å². The standard InChI is InChI=1S/C16H32N4O2S/c1-12-10-13(11-20(12)14-6-7-14)19-15(17-5)18-8-9-23(21,22)16(2,3)4/h12-14H,6-11H2,1-5H3,(H2,17,18,19). The molecule has 0 bridgehead atoms. The minimum Gasteiger partial charge on any atom is -0.355 e. The third-order valence-corrected chi connectivity index (χ3v) is 7.41. The fourth-order valence-corrected chi connectivity index (χ4v) is 4.06. The monoisotopic (exact) mass is 344 g/mol. The van der Waals surface area contributed by atoms with Crippen molar-refractivity contribution in [3.05, 3.63) is 0 Å². The Hall–Kier alpha value is -0.820. The van der Waals surface area contributed by atoms with E-state index in [0.29, 0.717) is 24.6 Å². The third kappa shape index (κ3) is 4.83. The summed E-state index contributed by atoms with van der Waals surface area (Å²) in [4.78, 5) is 6.80. The van der Waals surface area contributed by atoms with Crippen LogP contribution in [0.25, 0.3) is 0 Å². The van der Waals surface area contributed by atoms with Crippen LogP contribution in [0.3, 0.4) is 0 Å². The summed E-state index contributed by atoms with van der Waals surface area (Å²) in [6, 6.07) is 1.78.